The van der Waals surface area contributed by atoms with Gasteiger partial charge in [0.1, 0.15) is 0 Å². The topological polar surface area (TPSA) is 64.6 Å². The normalized spacial score (nSPS) is 13.3. The Morgan fingerprint density at radius 2 is 0.576 bits per heavy atom. The van der Waals surface area contributed by atoms with Gasteiger partial charge in [-0.2, -0.15) is 0 Å². The van der Waals surface area contributed by atoms with Crippen molar-refractivity contribution in [2.24, 2.45) is 0 Å². The Morgan fingerprint density at radius 3 is 0.831 bits per heavy atom. The maximum Gasteiger partial charge on any atom is 0.179 e. The minimum atomic E-state index is -0.388. The molecular formula is C52H102O7. The van der Waals surface area contributed by atoms with Crippen molar-refractivity contribution in [3.8, 4) is 0 Å². The largest absolute Gasteiger partial charge is 0.353 e. The Hall–Kier alpha value is -0.800. The van der Waals surface area contributed by atoms with Crippen molar-refractivity contribution in [2.75, 3.05) is 40.6 Å². The molecule has 0 saturated heterocycles. The van der Waals surface area contributed by atoms with Crippen LogP contribution in [0.2, 0.25) is 0 Å². The van der Waals surface area contributed by atoms with Gasteiger partial charge in [0.25, 0.3) is 0 Å². The summed E-state index contributed by atoms with van der Waals surface area (Å²) in [7, 11) is 3.39. The van der Waals surface area contributed by atoms with Crippen molar-refractivity contribution in [3.05, 3.63) is 24.3 Å². The van der Waals surface area contributed by atoms with E-state index in [0.29, 0.717) is 0 Å². The highest BCUT2D eigenvalue weighted by Crippen LogP contribution is 2.17. The number of methoxy groups -OCH3 is 2. The van der Waals surface area contributed by atoms with Crippen molar-refractivity contribution in [1.82, 2.24) is 0 Å². The van der Waals surface area contributed by atoms with Gasteiger partial charge in [-0.05, 0) is 89.2 Å². The fourth-order valence-corrected chi connectivity index (χ4v) is 7.10. The first kappa shape index (κ1) is 58.2. The molecule has 0 bridgehead atoms. The second-order valence-electron chi connectivity index (χ2n) is 16.9. The smallest absolute Gasteiger partial charge is 0.179 e. The molecule has 0 aliphatic rings. The Morgan fingerprint density at radius 1 is 0.322 bits per heavy atom. The highest BCUT2D eigenvalue weighted by Gasteiger charge is 2.12. The molecule has 2 unspecified atom stereocenters. The second-order valence-corrected chi connectivity index (χ2v) is 16.9. The minimum absolute atomic E-state index is 0.00707. The summed E-state index contributed by atoms with van der Waals surface area (Å²) in [6.07, 6.45) is 50.2. The summed E-state index contributed by atoms with van der Waals surface area (Å²) in [5, 5.41) is 0. The molecule has 0 radical (unpaired) electrons. The van der Waals surface area contributed by atoms with Crippen LogP contribution in [-0.4, -0.2) is 65.8 Å². The number of hydrogen-bond donors (Lipinski definition) is 0. The summed E-state index contributed by atoms with van der Waals surface area (Å²) in [6, 6.07) is 0. The van der Waals surface area contributed by atoms with Gasteiger partial charge in [-0.3, -0.25) is 0 Å². The van der Waals surface area contributed by atoms with Gasteiger partial charge in [-0.1, -0.05) is 181 Å². The summed E-state index contributed by atoms with van der Waals surface area (Å²) >= 11 is 0. The van der Waals surface area contributed by atoms with Crippen molar-refractivity contribution in [3.63, 3.8) is 0 Å². The van der Waals surface area contributed by atoms with Crippen LogP contribution >= 0.6 is 0 Å². The fourth-order valence-electron chi connectivity index (χ4n) is 7.10. The van der Waals surface area contributed by atoms with Crippen LogP contribution in [0.25, 0.3) is 0 Å². The number of rotatable bonds is 50. The van der Waals surface area contributed by atoms with Crippen LogP contribution in [0.15, 0.2) is 24.3 Å². The number of ether oxygens (including phenoxy) is 7. The summed E-state index contributed by atoms with van der Waals surface area (Å²) in [6.45, 7) is 12.2. The third-order valence-electron chi connectivity index (χ3n) is 11.1. The van der Waals surface area contributed by atoms with Crippen LogP contribution in [0.4, 0.5) is 0 Å². The molecule has 0 amide bonds. The average Bonchev–Trinajstić information content (AvgIpc) is 3.25. The van der Waals surface area contributed by atoms with Crippen molar-refractivity contribution in [1.29, 1.82) is 0 Å². The first-order chi connectivity index (χ1) is 29.1. The molecule has 0 heterocycles. The Bertz CT molecular complexity index is 750. The lowest BCUT2D eigenvalue weighted by Crippen LogP contribution is -2.22. The zero-order valence-corrected chi connectivity index (χ0v) is 40.3. The van der Waals surface area contributed by atoms with Crippen LogP contribution in [0.1, 0.15) is 246 Å². The standard InChI is InChI=1S/C52H102O7/c1-7-11-45-55-51(56-46-12-8-2)43-39-35-31-27-23-19-15-17-21-25-29-33-37-41-49(53-5)59-50(54-6)42-38-34-30-26-22-18-16-20-24-28-32-36-40-44-52(57-47-13-9-3)58-48-14-10-4/h37-38,41-42,49-52H,7-36,39-40,43-48H2,1-6H3. The van der Waals surface area contributed by atoms with Gasteiger partial charge in [0.2, 0.25) is 0 Å². The van der Waals surface area contributed by atoms with Crippen molar-refractivity contribution < 1.29 is 33.2 Å². The van der Waals surface area contributed by atoms with Gasteiger partial charge in [0.05, 0.1) is 0 Å². The lowest BCUT2D eigenvalue weighted by atomic mass is 10.0. The molecule has 0 rings (SSSR count). The highest BCUT2D eigenvalue weighted by molar-refractivity contribution is 4.89. The third kappa shape index (κ3) is 43.6. The van der Waals surface area contributed by atoms with Crippen molar-refractivity contribution >= 4 is 0 Å². The maximum absolute atomic E-state index is 6.03. The molecular weight excluding hydrogens is 737 g/mol. The number of allylic oxidation sites excluding steroid dienone is 2. The number of unbranched alkanes of at least 4 members (excludes halogenated alkanes) is 26. The van der Waals surface area contributed by atoms with E-state index >= 15 is 0 Å². The van der Waals surface area contributed by atoms with E-state index < -0.39 is 0 Å². The van der Waals surface area contributed by atoms with E-state index in [1.54, 1.807) is 14.2 Å². The molecule has 0 aliphatic carbocycles. The van der Waals surface area contributed by atoms with Gasteiger partial charge in [0, 0.05) is 40.6 Å². The Labute approximate surface area is 368 Å². The molecule has 352 valence electrons. The van der Waals surface area contributed by atoms with E-state index in [9.17, 15) is 0 Å². The second kappa shape index (κ2) is 49.9. The maximum atomic E-state index is 6.03. The van der Waals surface area contributed by atoms with Crippen LogP contribution in [-0.2, 0) is 33.2 Å². The SMILES string of the molecule is CCCCOC(CCCCCCCCCCCCCC=CC(OC)OC(C=CCCCCCCCCCCCCCC(OCCCC)OCCCC)OC)OCCCC. The molecule has 0 aromatic carbocycles. The molecule has 7 nitrogen and oxygen atoms in total. The lowest BCUT2D eigenvalue weighted by Gasteiger charge is -2.18. The first-order valence-corrected chi connectivity index (χ1v) is 25.7. The summed E-state index contributed by atoms with van der Waals surface area (Å²) in [5.41, 5.74) is 0. The molecule has 7 heteroatoms. The zero-order chi connectivity index (χ0) is 43.0. The van der Waals surface area contributed by atoms with Gasteiger partial charge in [0.15, 0.2) is 25.2 Å². The van der Waals surface area contributed by atoms with E-state index in [4.69, 9.17) is 33.2 Å². The zero-order valence-electron chi connectivity index (χ0n) is 40.3. The molecule has 2 atom stereocenters. The van der Waals surface area contributed by atoms with E-state index in [1.807, 2.05) is 12.2 Å². The van der Waals surface area contributed by atoms with Gasteiger partial charge in [-0.25, -0.2) is 0 Å². The first-order valence-electron chi connectivity index (χ1n) is 25.7. The van der Waals surface area contributed by atoms with Crippen LogP contribution < -0.4 is 0 Å². The van der Waals surface area contributed by atoms with E-state index in [1.165, 1.54) is 167 Å². The van der Waals surface area contributed by atoms with Crippen molar-refractivity contribution in [2.45, 2.75) is 271 Å². The summed E-state index contributed by atoms with van der Waals surface area (Å²) in [5.74, 6) is 0. The quantitative estimate of drug-likeness (QED) is 0.0343. The molecule has 0 fully saturated rings. The minimum Gasteiger partial charge on any atom is -0.353 e. The van der Waals surface area contributed by atoms with Crippen LogP contribution in [0.5, 0.6) is 0 Å². The average molecular weight is 839 g/mol. The van der Waals surface area contributed by atoms with Crippen LogP contribution in [0, 0.1) is 0 Å². The van der Waals surface area contributed by atoms with Gasteiger partial charge < -0.3 is 33.2 Å². The summed E-state index contributed by atoms with van der Waals surface area (Å²) in [4.78, 5) is 0. The molecule has 0 aromatic rings. The predicted molar refractivity (Wildman–Crippen MR) is 252 cm³/mol. The molecule has 0 N–H and O–H groups in total. The van der Waals surface area contributed by atoms with Crippen LogP contribution in [0.3, 0.4) is 0 Å². The predicted octanol–water partition coefficient (Wildman–Crippen LogP) is 16.1. The van der Waals surface area contributed by atoms with Gasteiger partial charge >= 0.3 is 0 Å². The fraction of sp³-hybridized carbons (Fsp3) is 0.923. The molecule has 0 spiro atoms. The molecule has 0 aromatic heterocycles. The number of hydrogen-bond acceptors (Lipinski definition) is 7. The third-order valence-corrected chi connectivity index (χ3v) is 11.1. The monoisotopic (exact) mass is 839 g/mol. The van der Waals surface area contributed by atoms with E-state index in [0.717, 1.165) is 77.8 Å². The molecule has 59 heavy (non-hydrogen) atoms. The van der Waals surface area contributed by atoms with Gasteiger partial charge in [-0.15, -0.1) is 0 Å². The Balaban J connectivity index is 3.77. The van der Waals surface area contributed by atoms with E-state index in [-0.39, 0.29) is 25.2 Å². The molecule has 0 saturated carbocycles. The van der Waals surface area contributed by atoms with E-state index in [2.05, 4.69) is 39.8 Å². The lowest BCUT2D eigenvalue weighted by molar-refractivity contribution is -0.188. The molecule has 0 aliphatic heterocycles. The highest BCUT2D eigenvalue weighted by atomic mass is 16.8. The Kier molecular flexibility index (Phi) is 49.2. The summed E-state index contributed by atoms with van der Waals surface area (Å²) < 4.78 is 41.1.